The standard InChI is InChI=1S/C16H17N2O/c1-17(2)15-10-12-18(13-11-15)16(19)9-8-14-6-4-3-5-7-14/h3-13H,1-2H3/q+1/b9-8+. The number of carbonyl (C=O) groups is 1. The molecule has 0 N–H and O–H groups in total. The van der Waals surface area contributed by atoms with E-state index >= 15 is 0 Å². The van der Waals surface area contributed by atoms with E-state index in [2.05, 4.69) is 0 Å². The van der Waals surface area contributed by atoms with Crippen LogP contribution in [0.15, 0.2) is 60.9 Å². The normalized spacial score (nSPS) is 10.6. The smallest absolute Gasteiger partial charge is 0.377 e. The van der Waals surface area contributed by atoms with Gasteiger partial charge in [-0.3, -0.25) is 0 Å². The highest BCUT2D eigenvalue weighted by Gasteiger charge is 2.09. The molecule has 0 saturated heterocycles. The van der Waals surface area contributed by atoms with Crippen molar-refractivity contribution in [3.8, 4) is 0 Å². The SMILES string of the molecule is CN(C)c1cc[n+](C(=O)/C=C/c2ccccc2)cc1. The third-order valence-electron chi connectivity index (χ3n) is 2.80. The summed E-state index contributed by atoms with van der Waals surface area (Å²) in [7, 11) is 3.94. The summed E-state index contributed by atoms with van der Waals surface area (Å²) < 4.78 is 1.56. The first-order valence-electron chi connectivity index (χ1n) is 6.13. The molecule has 3 nitrogen and oxygen atoms in total. The molecule has 0 unspecified atom stereocenters. The predicted molar refractivity (Wildman–Crippen MR) is 77.1 cm³/mol. The molecule has 0 amide bonds. The summed E-state index contributed by atoms with van der Waals surface area (Å²) in [6, 6.07) is 13.6. The van der Waals surface area contributed by atoms with E-state index < -0.39 is 0 Å². The zero-order valence-electron chi connectivity index (χ0n) is 11.2. The number of allylic oxidation sites excluding steroid dienone is 1. The number of hydrogen-bond donors (Lipinski definition) is 0. The lowest BCUT2D eigenvalue weighted by Gasteiger charge is -2.09. The fraction of sp³-hybridized carbons (Fsp3) is 0.125. The summed E-state index contributed by atoms with van der Waals surface area (Å²) in [4.78, 5) is 14.0. The summed E-state index contributed by atoms with van der Waals surface area (Å²) in [5, 5.41) is 0. The van der Waals surface area contributed by atoms with E-state index in [0.29, 0.717) is 0 Å². The molecule has 0 fully saturated rings. The second-order valence-corrected chi connectivity index (χ2v) is 4.44. The predicted octanol–water partition coefficient (Wildman–Crippen LogP) is 2.39. The Morgan fingerprint density at radius 1 is 1.05 bits per heavy atom. The van der Waals surface area contributed by atoms with Gasteiger partial charge >= 0.3 is 5.91 Å². The summed E-state index contributed by atoms with van der Waals surface area (Å²) in [6.45, 7) is 0. The van der Waals surface area contributed by atoms with Crippen LogP contribution in [0.5, 0.6) is 0 Å². The highest BCUT2D eigenvalue weighted by Crippen LogP contribution is 2.06. The molecule has 1 heterocycles. The fourth-order valence-corrected chi connectivity index (χ4v) is 1.68. The Balaban J connectivity index is 2.10. The maximum absolute atomic E-state index is 12.0. The van der Waals surface area contributed by atoms with Crippen LogP contribution < -0.4 is 9.47 Å². The number of hydrogen-bond acceptors (Lipinski definition) is 2. The number of aromatic nitrogens is 1. The Labute approximate surface area is 113 Å². The molecule has 0 saturated carbocycles. The van der Waals surface area contributed by atoms with Gasteiger partial charge in [0.1, 0.15) is 0 Å². The van der Waals surface area contributed by atoms with E-state index in [1.807, 2.05) is 67.5 Å². The van der Waals surface area contributed by atoms with Crippen LogP contribution in [-0.4, -0.2) is 20.0 Å². The van der Waals surface area contributed by atoms with Gasteiger partial charge in [0.15, 0.2) is 12.4 Å². The molecule has 0 bridgehead atoms. The maximum atomic E-state index is 12.0. The second-order valence-electron chi connectivity index (χ2n) is 4.44. The Morgan fingerprint density at radius 2 is 1.68 bits per heavy atom. The van der Waals surface area contributed by atoms with Crippen LogP contribution in [0.25, 0.3) is 6.08 Å². The van der Waals surface area contributed by atoms with Gasteiger partial charge in [0.05, 0.1) is 6.08 Å². The van der Waals surface area contributed by atoms with Gasteiger partial charge in [-0.15, -0.1) is 4.57 Å². The van der Waals surface area contributed by atoms with Crippen molar-refractivity contribution < 1.29 is 9.36 Å². The van der Waals surface area contributed by atoms with E-state index in [4.69, 9.17) is 0 Å². The summed E-state index contributed by atoms with van der Waals surface area (Å²) in [5.74, 6) is -0.0610. The van der Waals surface area contributed by atoms with Crippen molar-refractivity contribution in [3.63, 3.8) is 0 Å². The minimum atomic E-state index is -0.0610. The molecule has 0 aliphatic carbocycles. The van der Waals surface area contributed by atoms with Crippen molar-refractivity contribution in [2.75, 3.05) is 19.0 Å². The third kappa shape index (κ3) is 3.52. The highest BCUT2D eigenvalue weighted by atomic mass is 16.1. The van der Waals surface area contributed by atoms with Gasteiger partial charge in [-0.1, -0.05) is 30.3 Å². The minimum absolute atomic E-state index is 0.0610. The minimum Gasteiger partial charge on any atom is -0.377 e. The first-order chi connectivity index (χ1) is 9.16. The molecule has 0 aliphatic rings. The summed E-state index contributed by atoms with van der Waals surface area (Å²) in [6.07, 6.45) is 6.93. The number of rotatable bonds is 3. The molecule has 19 heavy (non-hydrogen) atoms. The third-order valence-corrected chi connectivity index (χ3v) is 2.80. The lowest BCUT2D eigenvalue weighted by molar-refractivity contribution is -0.569. The Hall–Kier alpha value is -2.42. The molecule has 0 atom stereocenters. The van der Waals surface area contributed by atoms with Gasteiger partial charge in [0, 0.05) is 31.9 Å². The largest absolute Gasteiger partial charge is 0.417 e. The van der Waals surface area contributed by atoms with E-state index in [1.165, 1.54) is 0 Å². The Morgan fingerprint density at radius 3 is 2.26 bits per heavy atom. The number of pyridine rings is 1. The van der Waals surface area contributed by atoms with Gasteiger partial charge in [0.25, 0.3) is 0 Å². The maximum Gasteiger partial charge on any atom is 0.417 e. The zero-order valence-corrected chi connectivity index (χ0v) is 11.2. The van der Waals surface area contributed by atoms with Crippen LogP contribution in [0.2, 0.25) is 0 Å². The molecule has 0 spiro atoms. The van der Waals surface area contributed by atoms with E-state index in [0.717, 1.165) is 11.3 Å². The zero-order chi connectivity index (χ0) is 13.7. The van der Waals surface area contributed by atoms with Crippen molar-refractivity contribution in [1.29, 1.82) is 0 Å². The van der Waals surface area contributed by atoms with Crippen molar-refractivity contribution in [2.24, 2.45) is 0 Å². The molecular weight excluding hydrogens is 236 g/mol. The fourth-order valence-electron chi connectivity index (χ4n) is 1.68. The van der Waals surface area contributed by atoms with Gasteiger partial charge < -0.3 is 4.90 Å². The van der Waals surface area contributed by atoms with Crippen molar-refractivity contribution in [1.82, 2.24) is 0 Å². The molecule has 1 aromatic heterocycles. The van der Waals surface area contributed by atoms with Crippen LogP contribution >= 0.6 is 0 Å². The van der Waals surface area contributed by atoms with E-state index in [-0.39, 0.29) is 5.91 Å². The molecule has 0 radical (unpaired) electrons. The lowest BCUT2D eigenvalue weighted by Crippen LogP contribution is -2.40. The molecular formula is C16H17N2O+. The number of benzene rings is 1. The van der Waals surface area contributed by atoms with Crippen LogP contribution in [0.1, 0.15) is 10.4 Å². The van der Waals surface area contributed by atoms with E-state index in [9.17, 15) is 4.79 Å². The van der Waals surface area contributed by atoms with Gasteiger partial charge in [-0.05, 0) is 11.6 Å². The summed E-state index contributed by atoms with van der Waals surface area (Å²) >= 11 is 0. The Bertz CT molecular complexity index is 571. The number of anilines is 1. The Kier molecular flexibility index (Phi) is 4.08. The number of nitrogens with zero attached hydrogens (tertiary/aromatic N) is 2. The van der Waals surface area contributed by atoms with Crippen LogP contribution in [0.3, 0.4) is 0 Å². The molecule has 96 valence electrons. The molecule has 2 rings (SSSR count). The lowest BCUT2D eigenvalue weighted by atomic mass is 10.2. The molecule has 2 aromatic rings. The highest BCUT2D eigenvalue weighted by molar-refractivity contribution is 5.85. The quantitative estimate of drug-likeness (QED) is 0.619. The first kappa shape index (κ1) is 13.0. The average Bonchev–Trinajstić information content (AvgIpc) is 2.46. The van der Waals surface area contributed by atoms with E-state index in [1.54, 1.807) is 23.0 Å². The summed E-state index contributed by atoms with van der Waals surface area (Å²) in [5.41, 5.74) is 2.08. The number of carbonyl (C=O) groups excluding carboxylic acids is 1. The van der Waals surface area contributed by atoms with Crippen molar-refractivity contribution in [2.45, 2.75) is 0 Å². The first-order valence-corrected chi connectivity index (χ1v) is 6.13. The van der Waals surface area contributed by atoms with Crippen molar-refractivity contribution >= 4 is 17.7 Å². The monoisotopic (exact) mass is 253 g/mol. The molecule has 3 heteroatoms. The van der Waals surface area contributed by atoms with Gasteiger partial charge in [0.2, 0.25) is 0 Å². The second kappa shape index (κ2) is 5.96. The van der Waals surface area contributed by atoms with Crippen LogP contribution in [0.4, 0.5) is 5.69 Å². The van der Waals surface area contributed by atoms with Crippen molar-refractivity contribution in [3.05, 3.63) is 66.5 Å². The molecule has 1 aromatic carbocycles. The van der Waals surface area contributed by atoms with Crippen LogP contribution in [-0.2, 0) is 0 Å². The van der Waals surface area contributed by atoms with Gasteiger partial charge in [-0.2, -0.15) is 0 Å². The average molecular weight is 253 g/mol. The topological polar surface area (TPSA) is 24.2 Å². The van der Waals surface area contributed by atoms with Gasteiger partial charge in [-0.25, -0.2) is 4.79 Å². The van der Waals surface area contributed by atoms with Crippen LogP contribution in [0, 0.1) is 0 Å². The molecule has 0 aliphatic heterocycles.